The normalized spacial score (nSPS) is 26.3. The number of halogens is 1. The first-order chi connectivity index (χ1) is 12.6. The van der Waals surface area contributed by atoms with Gasteiger partial charge in [0.2, 0.25) is 0 Å². The number of aliphatic hydroxyl groups excluding tert-OH is 2. The van der Waals surface area contributed by atoms with Gasteiger partial charge in [0.15, 0.2) is 0 Å². The summed E-state index contributed by atoms with van der Waals surface area (Å²) in [5.41, 5.74) is 2.09. The van der Waals surface area contributed by atoms with Crippen molar-refractivity contribution >= 4 is 11.6 Å². The van der Waals surface area contributed by atoms with Crippen molar-refractivity contribution in [2.45, 2.75) is 81.8 Å². The molecule has 3 unspecified atom stereocenters. The minimum atomic E-state index is -0.399. The molecular formula is C23H34ClO2Y-. The van der Waals surface area contributed by atoms with E-state index in [0.717, 1.165) is 56.1 Å². The van der Waals surface area contributed by atoms with Crippen molar-refractivity contribution in [3.8, 4) is 0 Å². The minimum absolute atomic E-state index is 0. The Balaban J connectivity index is 0.00000364. The van der Waals surface area contributed by atoms with Crippen LogP contribution in [0.2, 0.25) is 0 Å². The van der Waals surface area contributed by atoms with Crippen molar-refractivity contribution in [3.05, 3.63) is 54.5 Å². The molecule has 1 aliphatic rings. The second-order valence-corrected chi connectivity index (χ2v) is 8.10. The first-order valence-electron chi connectivity index (χ1n) is 10.1. The molecule has 27 heavy (non-hydrogen) atoms. The third-order valence-corrected chi connectivity index (χ3v) is 6.04. The molecule has 0 spiro atoms. The maximum Gasteiger partial charge on any atom is 0.0790 e. The smallest absolute Gasteiger partial charge is 0.0790 e. The maximum absolute atomic E-state index is 10.5. The number of hydrogen-bond acceptors (Lipinski definition) is 2. The zero-order valence-electron chi connectivity index (χ0n) is 16.6. The Morgan fingerprint density at radius 3 is 2.56 bits per heavy atom. The van der Waals surface area contributed by atoms with Crippen LogP contribution in [0.5, 0.6) is 0 Å². The van der Waals surface area contributed by atoms with Gasteiger partial charge in [0, 0.05) is 44.0 Å². The van der Waals surface area contributed by atoms with Gasteiger partial charge in [0.25, 0.3) is 0 Å². The van der Waals surface area contributed by atoms with Gasteiger partial charge in [-0.2, -0.15) is 6.42 Å². The van der Waals surface area contributed by atoms with E-state index in [4.69, 9.17) is 11.6 Å². The van der Waals surface area contributed by atoms with E-state index in [9.17, 15) is 10.2 Å². The van der Waals surface area contributed by atoms with Crippen LogP contribution in [0.3, 0.4) is 0 Å². The molecule has 2 nitrogen and oxygen atoms in total. The van der Waals surface area contributed by atoms with Gasteiger partial charge >= 0.3 is 0 Å². The van der Waals surface area contributed by atoms with E-state index in [-0.39, 0.29) is 49.9 Å². The summed E-state index contributed by atoms with van der Waals surface area (Å²) in [5, 5.41) is 20.9. The Morgan fingerprint density at radius 2 is 1.93 bits per heavy atom. The van der Waals surface area contributed by atoms with E-state index in [1.165, 1.54) is 0 Å². The van der Waals surface area contributed by atoms with Gasteiger partial charge in [0.1, 0.15) is 0 Å². The average Bonchev–Trinajstić information content (AvgIpc) is 2.92. The van der Waals surface area contributed by atoms with Gasteiger partial charge in [-0.1, -0.05) is 69.0 Å². The molecule has 149 valence electrons. The van der Waals surface area contributed by atoms with Crippen molar-refractivity contribution in [1.29, 1.82) is 0 Å². The van der Waals surface area contributed by atoms with E-state index < -0.39 is 12.2 Å². The second-order valence-electron chi connectivity index (χ2n) is 7.54. The summed E-state index contributed by atoms with van der Waals surface area (Å²) in [6.07, 6.45) is 11.1. The first kappa shape index (κ1) is 25.3. The largest absolute Gasteiger partial charge is 0.392 e. The van der Waals surface area contributed by atoms with Crippen molar-refractivity contribution in [2.75, 3.05) is 0 Å². The maximum atomic E-state index is 10.5. The number of allylic oxidation sites excluding steroid dienone is 2. The van der Waals surface area contributed by atoms with Crippen LogP contribution < -0.4 is 0 Å². The van der Waals surface area contributed by atoms with E-state index >= 15 is 0 Å². The molecule has 0 bridgehead atoms. The molecule has 2 rings (SSSR count). The summed E-state index contributed by atoms with van der Waals surface area (Å²) < 4.78 is 0. The molecular weight excluding hydrogens is 433 g/mol. The fourth-order valence-corrected chi connectivity index (χ4v) is 4.45. The first-order valence-corrected chi connectivity index (χ1v) is 10.6. The Morgan fingerprint density at radius 1 is 1.22 bits per heavy atom. The predicted octanol–water partition coefficient (Wildman–Crippen LogP) is 5.93. The number of benzene rings is 1. The van der Waals surface area contributed by atoms with Crippen LogP contribution in [0.25, 0.3) is 0 Å². The summed E-state index contributed by atoms with van der Waals surface area (Å²) >= 11 is 6.54. The van der Waals surface area contributed by atoms with Crippen molar-refractivity contribution in [2.24, 2.45) is 5.92 Å². The third kappa shape index (κ3) is 7.55. The predicted molar refractivity (Wildman–Crippen MR) is 110 cm³/mol. The van der Waals surface area contributed by atoms with Gasteiger partial charge in [-0.25, -0.2) is 0 Å². The van der Waals surface area contributed by atoms with Gasteiger partial charge in [-0.05, 0) is 36.3 Å². The van der Waals surface area contributed by atoms with E-state index in [1.807, 2.05) is 12.1 Å². The average molecular weight is 467 g/mol. The molecule has 0 heterocycles. The molecule has 1 aromatic rings. The molecule has 0 aromatic heterocycles. The summed E-state index contributed by atoms with van der Waals surface area (Å²) in [7, 11) is 0. The molecule has 0 amide bonds. The van der Waals surface area contributed by atoms with Gasteiger partial charge in [0.05, 0.1) is 12.2 Å². The van der Waals surface area contributed by atoms with Gasteiger partial charge in [-0.3, -0.25) is 0 Å². The Labute approximate surface area is 195 Å². The molecule has 5 atom stereocenters. The number of hydrogen-bond donors (Lipinski definition) is 2. The molecule has 1 radical (unpaired) electrons. The number of unbranched alkanes of at least 4 members (excludes halogenated alkanes) is 3. The summed E-state index contributed by atoms with van der Waals surface area (Å²) in [6.45, 7) is 6.02. The Kier molecular flexibility index (Phi) is 12.6. The number of rotatable bonds is 10. The summed E-state index contributed by atoms with van der Waals surface area (Å²) in [6, 6.07) is 8.15. The molecule has 0 saturated heterocycles. The summed E-state index contributed by atoms with van der Waals surface area (Å²) in [4.78, 5) is 0. The SMILES string of the molecule is [CH2-]CC/C=C\CC1C(c2ccc(C(O)CCCCC)cc2)[C@H](O)C[C@H]1Cl.[Y]. The molecule has 1 aliphatic carbocycles. The minimum Gasteiger partial charge on any atom is -0.392 e. The fourth-order valence-electron chi connectivity index (χ4n) is 4.01. The van der Waals surface area contributed by atoms with Crippen LogP contribution in [-0.4, -0.2) is 21.7 Å². The van der Waals surface area contributed by atoms with Crippen LogP contribution in [0, 0.1) is 12.8 Å². The van der Waals surface area contributed by atoms with Crippen LogP contribution in [-0.2, 0) is 32.7 Å². The Hall–Kier alpha value is 0.274. The van der Waals surface area contributed by atoms with E-state index in [1.54, 1.807) is 0 Å². The molecule has 0 aliphatic heterocycles. The number of aliphatic hydroxyl groups is 2. The summed E-state index contributed by atoms with van der Waals surface area (Å²) in [5.74, 6) is 0.307. The zero-order valence-corrected chi connectivity index (χ0v) is 20.2. The second kappa shape index (κ2) is 13.5. The van der Waals surface area contributed by atoms with Gasteiger partial charge < -0.3 is 17.1 Å². The standard InChI is InChI=1S/C23H34ClO2.Y/c1-3-5-7-9-10-19-20(24)16-22(26)23(19)18-14-12-17(13-15-18)21(25)11-8-6-4-2;/h7,9,12-15,19-23,25-26H,1,3-6,8,10-11,16H2,2H3;/q-1;/b9-7-;/t19?,20-,21?,22-,23?;/m1./s1. The van der Waals surface area contributed by atoms with Gasteiger partial charge in [-0.15, -0.1) is 11.6 Å². The quantitative estimate of drug-likeness (QED) is 0.194. The number of alkyl halides is 1. The van der Waals surface area contributed by atoms with Crippen LogP contribution in [0.15, 0.2) is 36.4 Å². The molecule has 1 saturated carbocycles. The molecule has 1 fully saturated rings. The van der Waals surface area contributed by atoms with E-state index in [0.29, 0.717) is 6.42 Å². The molecule has 2 N–H and O–H groups in total. The third-order valence-electron chi connectivity index (χ3n) is 5.54. The molecule has 4 heteroatoms. The van der Waals surface area contributed by atoms with Crippen molar-refractivity contribution in [3.63, 3.8) is 0 Å². The monoisotopic (exact) mass is 466 g/mol. The van der Waals surface area contributed by atoms with Crippen molar-refractivity contribution < 1.29 is 42.9 Å². The van der Waals surface area contributed by atoms with Crippen molar-refractivity contribution in [1.82, 2.24) is 0 Å². The zero-order chi connectivity index (χ0) is 18.9. The van der Waals surface area contributed by atoms with Crippen LogP contribution in [0.4, 0.5) is 0 Å². The van der Waals surface area contributed by atoms with Crippen LogP contribution in [0.1, 0.15) is 81.4 Å². The Bertz CT molecular complexity index is 546. The fraction of sp³-hybridized carbons (Fsp3) is 0.609. The van der Waals surface area contributed by atoms with E-state index in [2.05, 4.69) is 38.1 Å². The topological polar surface area (TPSA) is 40.5 Å². The molecule has 1 aromatic carbocycles. The van der Waals surface area contributed by atoms with Crippen LogP contribution >= 0.6 is 11.6 Å².